The van der Waals surface area contributed by atoms with Gasteiger partial charge in [-0.05, 0) is 50.6 Å². The van der Waals surface area contributed by atoms with Gasteiger partial charge in [-0.3, -0.25) is 0 Å². The van der Waals surface area contributed by atoms with E-state index in [1.807, 2.05) is 12.1 Å². The number of hydrogen-bond acceptors (Lipinski definition) is 1. The Labute approximate surface area is 98.2 Å². The summed E-state index contributed by atoms with van der Waals surface area (Å²) in [7, 11) is 0. The maximum atomic E-state index is 3.72. The molecule has 1 nitrogen and oxygen atoms in total. The van der Waals surface area contributed by atoms with Crippen molar-refractivity contribution in [3.05, 3.63) is 65.9 Å². The molecule has 1 rings (SSSR count). The van der Waals surface area contributed by atoms with Crippen molar-refractivity contribution in [2.45, 2.75) is 20.8 Å². The highest BCUT2D eigenvalue weighted by Crippen LogP contribution is 2.13. The Hall–Kier alpha value is -1.76. The Morgan fingerprint density at radius 2 is 2.06 bits per heavy atom. The fraction of sp³-hybridized carbons (Fsp3) is 0.200. The SMILES string of the molecule is C=C/C=C(\C=C(C)C)Nc1cccc(C)c1. The van der Waals surface area contributed by atoms with Crippen LogP contribution in [0.5, 0.6) is 0 Å². The zero-order chi connectivity index (χ0) is 12.0. The van der Waals surface area contributed by atoms with Gasteiger partial charge in [-0.15, -0.1) is 0 Å². The first-order valence-electron chi connectivity index (χ1n) is 5.43. The van der Waals surface area contributed by atoms with E-state index in [2.05, 4.69) is 56.9 Å². The maximum absolute atomic E-state index is 3.72. The Bertz CT molecular complexity index is 421. The van der Waals surface area contributed by atoms with Gasteiger partial charge in [0.1, 0.15) is 0 Å². The van der Waals surface area contributed by atoms with Crippen LogP contribution >= 0.6 is 0 Å². The molecule has 84 valence electrons. The lowest BCUT2D eigenvalue weighted by Gasteiger charge is -2.08. The average Bonchev–Trinajstić information content (AvgIpc) is 2.16. The second-order valence-electron chi connectivity index (χ2n) is 4.07. The summed E-state index contributed by atoms with van der Waals surface area (Å²) in [5.74, 6) is 0. The third kappa shape index (κ3) is 4.18. The first-order chi connectivity index (χ1) is 7.61. The maximum Gasteiger partial charge on any atom is 0.0386 e. The smallest absolute Gasteiger partial charge is 0.0386 e. The molecule has 0 amide bonds. The molecule has 0 saturated heterocycles. The van der Waals surface area contributed by atoms with E-state index in [0.717, 1.165) is 11.4 Å². The fourth-order valence-electron chi connectivity index (χ4n) is 1.45. The van der Waals surface area contributed by atoms with Gasteiger partial charge in [0.25, 0.3) is 0 Å². The third-order valence-corrected chi connectivity index (χ3v) is 2.05. The van der Waals surface area contributed by atoms with Crippen molar-refractivity contribution in [1.29, 1.82) is 0 Å². The number of aryl methyl sites for hydroxylation is 1. The Kier molecular flexibility index (Phi) is 4.59. The molecule has 1 heteroatoms. The van der Waals surface area contributed by atoms with Crippen LogP contribution in [-0.2, 0) is 0 Å². The highest BCUT2D eigenvalue weighted by molar-refractivity contribution is 5.53. The van der Waals surface area contributed by atoms with E-state index in [1.165, 1.54) is 11.1 Å². The van der Waals surface area contributed by atoms with Gasteiger partial charge in [0.05, 0.1) is 0 Å². The molecule has 0 unspecified atom stereocenters. The second kappa shape index (κ2) is 5.96. The molecule has 1 aromatic carbocycles. The fourth-order valence-corrected chi connectivity index (χ4v) is 1.45. The summed E-state index contributed by atoms with van der Waals surface area (Å²) in [5, 5.41) is 3.37. The number of anilines is 1. The summed E-state index contributed by atoms with van der Waals surface area (Å²) in [4.78, 5) is 0. The zero-order valence-electron chi connectivity index (χ0n) is 10.2. The molecule has 1 N–H and O–H groups in total. The van der Waals surface area contributed by atoms with E-state index in [4.69, 9.17) is 0 Å². The van der Waals surface area contributed by atoms with Gasteiger partial charge in [0.15, 0.2) is 0 Å². The standard InChI is InChI=1S/C15H19N/c1-5-7-14(10-12(2)3)16-15-9-6-8-13(4)11-15/h5-11,16H,1H2,2-4H3/b14-7+. The second-order valence-corrected chi connectivity index (χ2v) is 4.07. The molecule has 0 aliphatic heterocycles. The van der Waals surface area contributed by atoms with E-state index >= 15 is 0 Å². The van der Waals surface area contributed by atoms with Crippen LogP contribution in [-0.4, -0.2) is 0 Å². The summed E-state index contributed by atoms with van der Waals surface area (Å²) in [6, 6.07) is 8.31. The molecule has 16 heavy (non-hydrogen) atoms. The normalized spacial score (nSPS) is 10.8. The predicted molar refractivity (Wildman–Crippen MR) is 72.5 cm³/mol. The van der Waals surface area contributed by atoms with E-state index in [0.29, 0.717) is 0 Å². The molecule has 0 bridgehead atoms. The number of hydrogen-bond donors (Lipinski definition) is 1. The van der Waals surface area contributed by atoms with Gasteiger partial charge in [-0.25, -0.2) is 0 Å². The van der Waals surface area contributed by atoms with E-state index < -0.39 is 0 Å². The molecule has 0 aromatic heterocycles. The first kappa shape index (κ1) is 12.3. The molecule has 0 aliphatic carbocycles. The number of rotatable bonds is 4. The Morgan fingerprint density at radius 1 is 1.31 bits per heavy atom. The molecule has 0 spiro atoms. The zero-order valence-corrected chi connectivity index (χ0v) is 10.2. The lowest BCUT2D eigenvalue weighted by Crippen LogP contribution is -1.97. The topological polar surface area (TPSA) is 12.0 Å². The van der Waals surface area contributed by atoms with E-state index in [-0.39, 0.29) is 0 Å². The molecular weight excluding hydrogens is 194 g/mol. The van der Waals surface area contributed by atoms with Crippen LogP contribution in [0, 0.1) is 6.92 Å². The number of benzene rings is 1. The largest absolute Gasteiger partial charge is 0.356 e. The van der Waals surface area contributed by atoms with Crippen LogP contribution < -0.4 is 5.32 Å². The lowest BCUT2D eigenvalue weighted by molar-refractivity contribution is 1.34. The van der Waals surface area contributed by atoms with Crippen LogP contribution in [0.25, 0.3) is 0 Å². The highest BCUT2D eigenvalue weighted by atomic mass is 14.9. The van der Waals surface area contributed by atoms with Gasteiger partial charge >= 0.3 is 0 Å². The Morgan fingerprint density at radius 3 is 2.62 bits per heavy atom. The molecule has 1 aromatic rings. The summed E-state index contributed by atoms with van der Waals surface area (Å²) in [5.41, 5.74) is 4.67. The summed E-state index contributed by atoms with van der Waals surface area (Å²) in [6.45, 7) is 9.96. The van der Waals surface area contributed by atoms with Crippen molar-refractivity contribution < 1.29 is 0 Å². The van der Waals surface area contributed by atoms with E-state index in [1.54, 1.807) is 6.08 Å². The summed E-state index contributed by atoms with van der Waals surface area (Å²) in [6.07, 6.45) is 5.86. The minimum absolute atomic E-state index is 1.06. The molecular formula is C15H19N. The van der Waals surface area contributed by atoms with Gasteiger partial charge < -0.3 is 5.32 Å². The van der Waals surface area contributed by atoms with Crippen LogP contribution in [0.15, 0.2) is 60.3 Å². The third-order valence-electron chi connectivity index (χ3n) is 2.05. The van der Waals surface area contributed by atoms with Crippen LogP contribution in [0.1, 0.15) is 19.4 Å². The lowest BCUT2D eigenvalue weighted by atomic mass is 10.2. The van der Waals surface area contributed by atoms with Crippen molar-refractivity contribution in [2.24, 2.45) is 0 Å². The Balaban J connectivity index is 2.88. The highest BCUT2D eigenvalue weighted by Gasteiger charge is 1.94. The minimum Gasteiger partial charge on any atom is -0.356 e. The minimum atomic E-state index is 1.06. The summed E-state index contributed by atoms with van der Waals surface area (Å²) < 4.78 is 0. The van der Waals surface area contributed by atoms with Crippen molar-refractivity contribution in [1.82, 2.24) is 0 Å². The van der Waals surface area contributed by atoms with Crippen LogP contribution in [0.3, 0.4) is 0 Å². The molecule has 0 saturated carbocycles. The van der Waals surface area contributed by atoms with Gasteiger partial charge in [-0.2, -0.15) is 0 Å². The van der Waals surface area contributed by atoms with Gasteiger partial charge in [0, 0.05) is 11.4 Å². The van der Waals surface area contributed by atoms with Crippen molar-refractivity contribution in [3.8, 4) is 0 Å². The quantitative estimate of drug-likeness (QED) is 0.729. The molecule has 0 heterocycles. The number of allylic oxidation sites excluding steroid dienone is 4. The first-order valence-corrected chi connectivity index (χ1v) is 5.43. The average molecular weight is 213 g/mol. The number of nitrogens with one attached hydrogen (secondary N) is 1. The van der Waals surface area contributed by atoms with Crippen molar-refractivity contribution >= 4 is 5.69 Å². The van der Waals surface area contributed by atoms with Crippen LogP contribution in [0.4, 0.5) is 5.69 Å². The molecule has 0 atom stereocenters. The summed E-state index contributed by atoms with van der Waals surface area (Å²) >= 11 is 0. The van der Waals surface area contributed by atoms with Crippen LogP contribution in [0.2, 0.25) is 0 Å². The predicted octanol–water partition coefficient (Wildman–Crippen LogP) is 4.44. The van der Waals surface area contributed by atoms with Crippen molar-refractivity contribution in [2.75, 3.05) is 5.32 Å². The van der Waals surface area contributed by atoms with Gasteiger partial charge in [-0.1, -0.05) is 30.4 Å². The monoisotopic (exact) mass is 213 g/mol. The van der Waals surface area contributed by atoms with E-state index in [9.17, 15) is 0 Å². The molecule has 0 fully saturated rings. The molecule has 0 radical (unpaired) electrons. The van der Waals surface area contributed by atoms with Crippen molar-refractivity contribution in [3.63, 3.8) is 0 Å². The molecule has 0 aliphatic rings. The van der Waals surface area contributed by atoms with Gasteiger partial charge in [0.2, 0.25) is 0 Å².